The van der Waals surface area contributed by atoms with Gasteiger partial charge in [0.1, 0.15) is 5.69 Å². The van der Waals surface area contributed by atoms with Crippen molar-refractivity contribution in [1.29, 1.82) is 0 Å². The summed E-state index contributed by atoms with van der Waals surface area (Å²) >= 11 is 0. The van der Waals surface area contributed by atoms with Gasteiger partial charge >= 0.3 is 5.97 Å². The molecule has 1 aromatic heterocycles. The molecule has 1 aromatic rings. The molecule has 1 N–H and O–H groups in total. The van der Waals surface area contributed by atoms with Crippen LogP contribution in [-0.2, 0) is 11.3 Å². The maximum Gasteiger partial charge on any atom is 0.356 e. The van der Waals surface area contributed by atoms with E-state index in [-0.39, 0.29) is 12.3 Å². The maximum atomic E-state index is 11.4. The van der Waals surface area contributed by atoms with E-state index >= 15 is 0 Å². The second kappa shape index (κ2) is 6.77. The van der Waals surface area contributed by atoms with Gasteiger partial charge in [-0.25, -0.2) is 9.78 Å². The van der Waals surface area contributed by atoms with E-state index in [0.29, 0.717) is 17.2 Å². The van der Waals surface area contributed by atoms with E-state index in [1.165, 1.54) is 7.11 Å². The Morgan fingerprint density at radius 2 is 2.22 bits per heavy atom. The van der Waals surface area contributed by atoms with Gasteiger partial charge in [-0.2, -0.15) is 0 Å². The predicted octanol–water partition coefficient (Wildman–Crippen LogP) is 1.76. The molecule has 18 heavy (non-hydrogen) atoms. The smallest absolute Gasteiger partial charge is 0.356 e. The molecule has 0 spiro atoms. The predicted molar refractivity (Wildman–Crippen MR) is 67.8 cm³/mol. The molecule has 4 nitrogen and oxygen atoms in total. The summed E-state index contributed by atoms with van der Waals surface area (Å²) in [6.07, 6.45) is 0.782. The van der Waals surface area contributed by atoms with Crippen LogP contribution in [0.4, 0.5) is 0 Å². The maximum absolute atomic E-state index is 11.4. The number of aliphatic hydroxyl groups is 1. The molecule has 0 aliphatic heterocycles. The first-order valence-electron chi connectivity index (χ1n) is 5.75. The number of pyridine rings is 1. The Labute approximate surface area is 107 Å². The lowest BCUT2D eigenvalue weighted by Crippen LogP contribution is -2.07. The number of hydrogen-bond donors (Lipinski definition) is 1. The van der Waals surface area contributed by atoms with E-state index in [0.717, 1.165) is 6.42 Å². The van der Waals surface area contributed by atoms with Crippen LogP contribution in [0.2, 0.25) is 0 Å². The van der Waals surface area contributed by atoms with Crippen LogP contribution in [0, 0.1) is 17.8 Å². The number of carbonyl (C=O) groups is 1. The van der Waals surface area contributed by atoms with Crippen LogP contribution in [0.3, 0.4) is 0 Å². The molecule has 0 saturated carbocycles. The molecular weight excluding hydrogens is 230 g/mol. The molecule has 0 fully saturated rings. The van der Waals surface area contributed by atoms with Gasteiger partial charge in [-0.3, -0.25) is 0 Å². The Hall–Kier alpha value is -1.86. The van der Waals surface area contributed by atoms with E-state index in [1.54, 1.807) is 12.1 Å². The number of esters is 1. The molecule has 0 atom stereocenters. The number of methoxy groups -OCH3 is 1. The number of nitrogens with zero attached hydrogens (tertiary/aromatic N) is 1. The number of rotatable bonds is 3. The van der Waals surface area contributed by atoms with E-state index in [2.05, 4.69) is 35.4 Å². The molecule has 0 radical (unpaired) electrons. The highest BCUT2D eigenvalue weighted by atomic mass is 16.5. The average molecular weight is 247 g/mol. The summed E-state index contributed by atoms with van der Waals surface area (Å²) in [6.45, 7) is 3.93. The van der Waals surface area contributed by atoms with Crippen LogP contribution < -0.4 is 0 Å². The number of ether oxygens (including phenoxy) is 1. The van der Waals surface area contributed by atoms with Gasteiger partial charge < -0.3 is 9.84 Å². The Morgan fingerprint density at radius 1 is 1.50 bits per heavy atom. The molecule has 96 valence electrons. The van der Waals surface area contributed by atoms with E-state index in [1.807, 2.05) is 0 Å². The Balaban J connectivity index is 3.03. The third-order valence-electron chi connectivity index (χ3n) is 2.18. The summed E-state index contributed by atoms with van der Waals surface area (Å²) in [5, 5.41) is 9.09. The van der Waals surface area contributed by atoms with E-state index < -0.39 is 5.97 Å². The minimum Gasteiger partial charge on any atom is -0.464 e. The van der Waals surface area contributed by atoms with Gasteiger partial charge in [0.2, 0.25) is 0 Å². The largest absolute Gasteiger partial charge is 0.464 e. The Kier molecular flexibility index (Phi) is 5.34. The van der Waals surface area contributed by atoms with Crippen LogP contribution in [0.5, 0.6) is 0 Å². The fourth-order valence-electron chi connectivity index (χ4n) is 1.31. The highest BCUT2D eigenvalue weighted by molar-refractivity contribution is 5.87. The summed E-state index contributed by atoms with van der Waals surface area (Å²) in [5.74, 6) is 5.95. The SMILES string of the molecule is COC(=O)c1cc(C#CCC(C)C)cc(CO)n1. The fourth-order valence-corrected chi connectivity index (χ4v) is 1.31. The van der Waals surface area contributed by atoms with Crippen LogP contribution in [0.15, 0.2) is 12.1 Å². The molecule has 0 aromatic carbocycles. The van der Waals surface area contributed by atoms with E-state index in [4.69, 9.17) is 5.11 Å². The fraction of sp³-hybridized carbons (Fsp3) is 0.429. The average Bonchev–Trinajstić information content (AvgIpc) is 2.36. The normalized spacial score (nSPS) is 9.83. The topological polar surface area (TPSA) is 59.4 Å². The highest BCUT2D eigenvalue weighted by Gasteiger charge is 2.09. The lowest BCUT2D eigenvalue weighted by Gasteiger charge is -2.02. The second-order valence-corrected chi connectivity index (χ2v) is 4.28. The van der Waals surface area contributed by atoms with Crippen molar-refractivity contribution in [3.05, 3.63) is 29.1 Å². The number of carbonyl (C=O) groups excluding carboxylic acids is 1. The molecule has 0 aliphatic carbocycles. The van der Waals surface area contributed by atoms with Crippen molar-refractivity contribution in [2.45, 2.75) is 26.9 Å². The zero-order valence-corrected chi connectivity index (χ0v) is 10.9. The van der Waals surface area contributed by atoms with Crippen molar-refractivity contribution >= 4 is 5.97 Å². The summed E-state index contributed by atoms with van der Waals surface area (Å²) in [4.78, 5) is 15.4. The number of aliphatic hydroxyl groups excluding tert-OH is 1. The van der Waals surface area contributed by atoms with Gasteiger partial charge in [-0.05, 0) is 18.1 Å². The molecule has 4 heteroatoms. The molecule has 0 unspecified atom stereocenters. The van der Waals surface area contributed by atoms with Crippen molar-refractivity contribution in [2.75, 3.05) is 7.11 Å². The van der Waals surface area contributed by atoms with Gasteiger partial charge in [0.25, 0.3) is 0 Å². The van der Waals surface area contributed by atoms with Crippen molar-refractivity contribution < 1.29 is 14.6 Å². The number of hydrogen-bond acceptors (Lipinski definition) is 4. The Morgan fingerprint density at radius 3 is 2.78 bits per heavy atom. The van der Waals surface area contributed by atoms with Crippen molar-refractivity contribution in [3.63, 3.8) is 0 Å². The van der Waals surface area contributed by atoms with Crippen LogP contribution >= 0.6 is 0 Å². The van der Waals surface area contributed by atoms with Gasteiger partial charge in [0.05, 0.1) is 19.4 Å². The summed E-state index contributed by atoms with van der Waals surface area (Å²) in [6, 6.07) is 3.23. The van der Waals surface area contributed by atoms with E-state index in [9.17, 15) is 4.79 Å². The molecule has 0 aliphatic rings. The molecule has 0 amide bonds. The zero-order chi connectivity index (χ0) is 13.5. The summed E-state index contributed by atoms with van der Waals surface area (Å²) in [5.41, 5.74) is 1.24. The van der Waals surface area contributed by atoms with Crippen LogP contribution in [0.1, 0.15) is 42.0 Å². The lowest BCUT2D eigenvalue weighted by molar-refractivity contribution is 0.0593. The molecule has 1 heterocycles. The molecule has 0 bridgehead atoms. The van der Waals surface area contributed by atoms with Crippen LogP contribution in [-0.4, -0.2) is 23.2 Å². The first-order chi connectivity index (χ1) is 8.56. The first kappa shape index (κ1) is 14.2. The molecule has 1 rings (SSSR count). The van der Waals surface area contributed by atoms with Crippen molar-refractivity contribution in [2.24, 2.45) is 5.92 Å². The molecule has 0 saturated heterocycles. The number of aromatic nitrogens is 1. The van der Waals surface area contributed by atoms with Crippen molar-refractivity contribution in [1.82, 2.24) is 4.98 Å². The van der Waals surface area contributed by atoms with Gasteiger partial charge in [0.15, 0.2) is 0 Å². The summed E-state index contributed by atoms with van der Waals surface area (Å²) < 4.78 is 4.60. The highest BCUT2D eigenvalue weighted by Crippen LogP contribution is 2.07. The Bertz CT molecular complexity index is 484. The van der Waals surface area contributed by atoms with Crippen LogP contribution in [0.25, 0.3) is 0 Å². The lowest BCUT2D eigenvalue weighted by atomic mass is 10.1. The van der Waals surface area contributed by atoms with Crippen molar-refractivity contribution in [3.8, 4) is 11.8 Å². The third kappa shape index (κ3) is 4.19. The van der Waals surface area contributed by atoms with Gasteiger partial charge in [0, 0.05) is 12.0 Å². The third-order valence-corrected chi connectivity index (χ3v) is 2.18. The first-order valence-corrected chi connectivity index (χ1v) is 5.75. The summed E-state index contributed by atoms with van der Waals surface area (Å²) in [7, 11) is 1.29. The minimum absolute atomic E-state index is 0.165. The van der Waals surface area contributed by atoms with Gasteiger partial charge in [-0.1, -0.05) is 25.7 Å². The quantitative estimate of drug-likeness (QED) is 0.653. The minimum atomic E-state index is -0.530. The zero-order valence-electron chi connectivity index (χ0n) is 10.9. The van der Waals surface area contributed by atoms with Gasteiger partial charge in [-0.15, -0.1) is 0 Å². The second-order valence-electron chi connectivity index (χ2n) is 4.28. The molecular formula is C14H17NO3. The standard InChI is InChI=1S/C14H17NO3/c1-10(2)5-4-6-11-7-12(9-16)15-13(8-11)14(17)18-3/h7-8,10,16H,5,9H2,1-3H3. The monoisotopic (exact) mass is 247 g/mol.